The average molecular weight is 463 g/mol. The highest BCUT2D eigenvalue weighted by Gasteiger charge is 2.16. The van der Waals surface area contributed by atoms with Crippen LogP contribution in [0.1, 0.15) is 40.5 Å². The first-order valence-corrected chi connectivity index (χ1v) is 10.9. The number of anilines is 1. The molecule has 0 aliphatic carbocycles. The quantitative estimate of drug-likeness (QED) is 0.350. The molecule has 0 unspecified atom stereocenters. The molecule has 0 fully saturated rings. The molecule has 0 spiro atoms. The number of hydrogen-bond acceptors (Lipinski definition) is 4. The van der Waals surface area contributed by atoms with Crippen LogP contribution in [0.15, 0.2) is 77.2 Å². The van der Waals surface area contributed by atoms with Gasteiger partial charge in [0.15, 0.2) is 5.76 Å². The summed E-state index contributed by atoms with van der Waals surface area (Å²) in [6.07, 6.45) is 0. The highest BCUT2D eigenvalue weighted by atomic mass is 35.5. The van der Waals surface area contributed by atoms with E-state index in [9.17, 15) is 9.59 Å². The normalized spacial score (nSPS) is 10.9. The van der Waals surface area contributed by atoms with Crippen LogP contribution in [0.5, 0.6) is 5.75 Å². The molecule has 33 heavy (non-hydrogen) atoms. The molecular weight excluding hydrogens is 440 g/mol. The lowest BCUT2D eigenvalue weighted by Gasteiger charge is -2.11. The first-order valence-electron chi connectivity index (χ1n) is 10.5. The molecule has 4 aromatic rings. The van der Waals surface area contributed by atoms with Crippen LogP contribution in [0.3, 0.4) is 0 Å². The molecule has 3 aromatic carbocycles. The minimum absolute atomic E-state index is 0.00964. The lowest BCUT2D eigenvalue weighted by atomic mass is 10.1. The molecule has 0 aliphatic heterocycles. The molecule has 1 aromatic heterocycles. The predicted molar refractivity (Wildman–Crippen MR) is 129 cm³/mol. The summed E-state index contributed by atoms with van der Waals surface area (Å²) in [6.45, 7) is 3.92. The lowest BCUT2D eigenvalue weighted by Crippen LogP contribution is -2.30. The number of ether oxygens (including phenoxy) is 1. The smallest absolute Gasteiger partial charge is 0.291 e. The second-order valence-corrected chi connectivity index (χ2v) is 8.25. The second kappa shape index (κ2) is 9.79. The summed E-state index contributed by atoms with van der Waals surface area (Å²) in [5, 5.41) is 8.03. The molecule has 6 nitrogen and oxygen atoms in total. The highest BCUT2D eigenvalue weighted by molar-refractivity contribution is 6.34. The lowest BCUT2D eigenvalue weighted by molar-refractivity contribution is 0.0941. The van der Waals surface area contributed by atoms with Crippen molar-refractivity contribution < 1.29 is 18.7 Å². The number of nitrogens with one attached hydrogen (secondary N) is 2. The summed E-state index contributed by atoms with van der Waals surface area (Å²) in [4.78, 5) is 24.9. The number of halogens is 1. The van der Waals surface area contributed by atoms with Gasteiger partial charge in [0.05, 0.1) is 10.7 Å². The van der Waals surface area contributed by atoms with Crippen LogP contribution in [-0.4, -0.2) is 17.9 Å². The van der Waals surface area contributed by atoms with Gasteiger partial charge in [-0.2, -0.15) is 0 Å². The Labute approximate surface area is 196 Å². The molecule has 2 N–H and O–H groups in total. The van der Waals surface area contributed by atoms with Crippen LogP contribution >= 0.6 is 11.6 Å². The third-order valence-electron chi connectivity index (χ3n) is 4.88. The van der Waals surface area contributed by atoms with Gasteiger partial charge in [-0.3, -0.25) is 9.59 Å². The molecule has 2 amide bonds. The Balaban J connectivity index is 1.41. The van der Waals surface area contributed by atoms with E-state index in [1.54, 1.807) is 24.3 Å². The number of carbonyl (C=O) groups excluding carboxylic acids is 2. The van der Waals surface area contributed by atoms with E-state index in [0.29, 0.717) is 27.8 Å². The molecule has 0 saturated heterocycles. The number of amides is 2. The van der Waals surface area contributed by atoms with E-state index in [-0.39, 0.29) is 24.3 Å². The molecule has 7 heteroatoms. The minimum atomic E-state index is -0.477. The molecule has 4 rings (SSSR count). The Morgan fingerprint density at radius 2 is 1.73 bits per heavy atom. The van der Waals surface area contributed by atoms with E-state index < -0.39 is 5.91 Å². The van der Waals surface area contributed by atoms with Crippen LogP contribution in [-0.2, 0) is 6.61 Å². The van der Waals surface area contributed by atoms with E-state index in [4.69, 9.17) is 20.8 Å². The molecular formula is C26H23ClN2O4. The van der Waals surface area contributed by atoms with Gasteiger partial charge in [-0.15, -0.1) is 0 Å². The van der Waals surface area contributed by atoms with E-state index in [1.165, 1.54) is 6.07 Å². The summed E-state index contributed by atoms with van der Waals surface area (Å²) in [5.41, 5.74) is 0.718. The zero-order valence-electron chi connectivity index (χ0n) is 18.2. The fraction of sp³-hybridized carbons (Fsp3) is 0.154. The number of benzene rings is 3. The summed E-state index contributed by atoms with van der Waals surface area (Å²) in [5.74, 6) is 0.600. The van der Waals surface area contributed by atoms with Crippen LogP contribution in [0, 0.1) is 0 Å². The Bertz CT molecular complexity index is 1310. The fourth-order valence-corrected chi connectivity index (χ4v) is 3.45. The maximum Gasteiger partial charge on any atom is 0.291 e. The van der Waals surface area contributed by atoms with Gasteiger partial charge < -0.3 is 19.8 Å². The monoisotopic (exact) mass is 462 g/mol. The number of hydrogen-bond donors (Lipinski definition) is 2. The van der Waals surface area contributed by atoms with Crippen LogP contribution in [0.4, 0.5) is 5.69 Å². The van der Waals surface area contributed by atoms with Crippen LogP contribution < -0.4 is 15.4 Å². The number of rotatable bonds is 7. The zero-order chi connectivity index (χ0) is 23.4. The van der Waals surface area contributed by atoms with Crippen molar-refractivity contribution in [3.8, 4) is 5.75 Å². The second-order valence-electron chi connectivity index (χ2n) is 7.84. The topological polar surface area (TPSA) is 80.6 Å². The fourth-order valence-electron chi connectivity index (χ4n) is 3.28. The van der Waals surface area contributed by atoms with Gasteiger partial charge in [0, 0.05) is 11.6 Å². The Hall–Kier alpha value is -3.77. The molecule has 0 saturated carbocycles. The van der Waals surface area contributed by atoms with Gasteiger partial charge in [0.1, 0.15) is 18.1 Å². The molecule has 0 radical (unpaired) electrons. The third kappa shape index (κ3) is 5.54. The van der Waals surface area contributed by atoms with Crippen molar-refractivity contribution in [3.63, 3.8) is 0 Å². The largest absolute Gasteiger partial charge is 0.486 e. The first kappa shape index (κ1) is 22.4. The summed E-state index contributed by atoms with van der Waals surface area (Å²) in [6, 6.07) is 21.8. The van der Waals surface area contributed by atoms with Gasteiger partial charge in [0.25, 0.3) is 11.8 Å². The minimum Gasteiger partial charge on any atom is -0.486 e. The Kier molecular flexibility index (Phi) is 6.66. The Morgan fingerprint density at radius 3 is 2.52 bits per heavy atom. The van der Waals surface area contributed by atoms with E-state index in [2.05, 4.69) is 10.6 Å². The van der Waals surface area contributed by atoms with Crippen LogP contribution in [0.25, 0.3) is 10.8 Å². The number of carbonyl (C=O) groups is 2. The predicted octanol–water partition coefficient (Wildman–Crippen LogP) is 6.06. The van der Waals surface area contributed by atoms with E-state index in [1.807, 2.05) is 56.3 Å². The standard InChI is InChI=1S/C26H23ClN2O4/c1-16(2)28-25(30)19-8-11-22(27)23(14-19)29-26(31)24-12-10-21(33-24)15-32-20-9-7-17-5-3-4-6-18(17)13-20/h3-14,16H,15H2,1-2H3,(H,28,30)(H,29,31). The highest BCUT2D eigenvalue weighted by Crippen LogP contribution is 2.25. The van der Waals surface area contributed by atoms with Crippen LogP contribution in [0.2, 0.25) is 5.02 Å². The maximum absolute atomic E-state index is 12.7. The summed E-state index contributed by atoms with van der Waals surface area (Å²) in [7, 11) is 0. The van der Waals surface area contributed by atoms with Crippen molar-refractivity contribution >= 4 is 39.9 Å². The number of fused-ring (bicyclic) bond motifs is 1. The average Bonchev–Trinajstić information content (AvgIpc) is 3.28. The van der Waals surface area contributed by atoms with E-state index >= 15 is 0 Å². The molecule has 0 bridgehead atoms. The van der Waals surface area contributed by atoms with Gasteiger partial charge in [-0.25, -0.2) is 0 Å². The number of furan rings is 1. The van der Waals surface area contributed by atoms with Crippen molar-refractivity contribution in [3.05, 3.63) is 94.9 Å². The zero-order valence-corrected chi connectivity index (χ0v) is 19.0. The van der Waals surface area contributed by atoms with Crippen molar-refractivity contribution in [2.75, 3.05) is 5.32 Å². The van der Waals surface area contributed by atoms with E-state index in [0.717, 1.165) is 10.8 Å². The van der Waals surface area contributed by atoms with Crippen molar-refractivity contribution in [2.45, 2.75) is 26.5 Å². The third-order valence-corrected chi connectivity index (χ3v) is 5.21. The van der Waals surface area contributed by atoms with Gasteiger partial charge in [0.2, 0.25) is 0 Å². The summed E-state index contributed by atoms with van der Waals surface area (Å²) < 4.78 is 11.5. The van der Waals surface area contributed by atoms with Crippen molar-refractivity contribution in [1.29, 1.82) is 0 Å². The van der Waals surface area contributed by atoms with Gasteiger partial charge >= 0.3 is 0 Å². The molecule has 168 valence electrons. The molecule has 0 atom stereocenters. The van der Waals surface area contributed by atoms with Crippen molar-refractivity contribution in [2.24, 2.45) is 0 Å². The summed E-state index contributed by atoms with van der Waals surface area (Å²) >= 11 is 6.21. The maximum atomic E-state index is 12.7. The molecule has 1 heterocycles. The first-order chi connectivity index (χ1) is 15.9. The molecule has 0 aliphatic rings. The van der Waals surface area contributed by atoms with Gasteiger partial charge in [-0.1, -0.05) is 41.9 Å². The Morgan fingerprint density at radius 1 is 0.939 bits per heavy atom. The van der Waals surface area contributed by atoms with Gasteiger partial charge in [-0.05, 0) is 67.1 Å². The van der Waals surface area contributed by atoms with Crippen molar-refractivity contribution in [1.82, 2.24) is 5.32 Å². The SMILES string of the molecule is CC(C)NC(=O)c1ccc(Cl)c(NC(=O)c2ccc(COc3ccc4ccccc4c3)o2)c1.